The predicted molar refractivity (Wildman–Crippen MR) is 101 cm³/mol. The molecule has 0 radical (unpaired) electrons. The standard InChI is InChI=1S/C15H38O3Si3/c1-8-15(16-19,17-20(9-2,10-3)11-4)18-21(12-5,13-6)14-7/h8-14H2,1-7,19H3. The zero-order chi connectivity index (χ0) is 16.6. The number of rotatable bonds is 12. The molecule has 6 heteroatoms. The van der Waals surface area contributed by atoms with E-state index in [9.17, 15) is 0 Å². The molecule has 0 rings (SSSR count). The molecule has 0 spiro atoms. The van der Waals surface area contributed by atoms with Gasteiger partial charge in [0, 0.05) is 6.42 Å². The molecule has 0 N–H and O–H groups in total. The smallest absolute Gasteiger partial charge is 0.253 e. The molecule has 0 aliphatic carbocycles. The Morgan fingerprint density at radius 1 is 0.667 bits per heavy atom. The summed E-state index contributed by atoms with van der Waals surface area (Å²) >= 11 is 0. The third kappa shape index (κ3) is 5.28. The molecule has 0 aliphatic rings. The van der Waals surface area contributed by atoms with E-state index in [1.807, 2.05) is 0 Å². The molecule has 3 nitrogen and oxygen atoms in total. The van der Waals surface area contributed by atoms with Gasteiger partial charge in [-0.15, -0.1) is 0 Å². The SMILES string of the molecule is CCC(O[SiH3])(O[Si](CC)(CC)CC)O[Si](CC)(CC)CC. The fraction of sp³-hybridized carbons (Fsp3) is 1.00. The van der Waals surface area contributed by atoms with Crippen molar-refractivity contribution < 1.29 is 13.3 Å². The van der Waals surface area contributed by atoms with Crippen molar-refractivity contribution in [1.29, 1.82) is 0 Å². The van der Waals surface area contributed by atoms with Crippen LogP contribution in [0.3, 0.4) is 0 Å². The van der Waals surface area contributed by atoms with Crippen LogP contribution in [0.4, 0.5) is 0 Å². The van der Waals surface area contributed by atoms with E-state index < -0.39 is 22.6 Å². The van der Waals surface area contributed by atoms with Gasteiger partial charge < -0.3 is 13.3 Å². The Balaban J connectivity index is 5.42. The largest absolute Gasteiger partial charge is 0.382 e. The topological polar surface area (TPSA) is 27.7 Å². The summed E-state index contributed by atoms with van der Waals surface area (Å²) < 4.78 is 19.4. The monoisotopic (exact) mass is 350 g/mol. The highest BCUT2D eigenvalue weighted by Crippen LogP contribution is 2.36. The first-order chi connectivity index (χ1) is 9.90. The van der Waals surface area contributed by atoms with E-state index in [1.54, 1.807) is 0 Å². The fourth-order valence-electron chi connectivity index (χ4n) is 2.99. The van der Waals surface area contributed by atoms with E-state index in [1.165, 1.54) is 0 Å². The molecule has 0 fully saturated rings. The van der Waals surface area contributed by atoms with Gasteiger partial charge >= 0.3 is 0 Å². The van der Waals surface area contributed by atoms with Gasteiger partial charge in [-0.2, -0.15) is 0 Å². The second-order valence-electron chi connectivity index (χ2n) is 5.93. The van der Waals surface area contributed by atoms with Gasteiger partial charge in [0.25, 0.3) is 5.97 Å². The van der Waals surface area contributed by atoms with Crippen LogP contribution in [0.5, 0.6) is 0 Å². The van der Waals surface area contributed by atoms with Gasteiger partial charge in [-0.25, -0.2) is 0 Å². The molecule has 0 aromatic carbocycles. The minimum Gasteiger partial charge on any atom is -0.382 e. The summed E-state index contributed by atoms with van der Waals surface area (Å²) in [5, 5.41) is 0. The highest BCUT2D eigenvalue weighted by atomic mass is 28.4. The normalized spacial score (nSPS) is 13.9. The van der Waals surface area contributed by atoms with Gasteiger partial charge in [0.05, 0.1) is 0 Å². The van der Waals surface area contributed by atoms with Crippen LogP contribution in [0.25, 0.3) is 0 Å². The van der Waals surface area contributed by atoms with Gasteiger partial charge in [0.1, 0.15) is 0 Å². The lowest BCUT2D eigenvalue weighted by Crippen LogP contribution is -2.55. The Morgan fingerprint density at radius 3 is 1.10 bits per heavy atom. The average molecular weight is 351 g/mol. The zero-order valence-electron chi connectivity index (χ0n) is 15.7. The average Bonchev–Trinajstić information content (AvgIpc) is 2.57. The summed E-state index contributed by atoms with van der Waals surface area (Å²) in [6.45, 7) is 15.7. The molecule has 0 aromatic rings. The van der Waals surface area contributed by atoms with Crippen LogP contribution in [0.1, 0.15) is 54.9 Å². The molecule has 0 aliphatic heterocycles. The molecule has 0 aromatic heterocycles. The summed E-state index contributed by atoms with van der Waals surface area (Å²) in [6, 6.07) is 6.80. The summed E-state index contributed by atoms with van der Waals surface area (Å²) in [5.74, 6) is -0.755. The number of hydrogen-bond donors (Lipinski definition) is 0. The van der Waals surface area contributed by atoms with Crippen molar-refractivity contribution in [3.05, 3.63) is 0 Å². The highest BCUT2D eigenvalue weighted by molar-refractivity contribution is 6.74. The van der Waals surface area contributed by atoms with Crippen molar-refractivity contribution in [3.63, 3.8) is 0 Å². The van der Waals surface area contributed by atoms with Crippen LogP contribution in [0.2, 0.25) is 36.3 Å². The molecular weight excluding hydrogens is 312 g/mol. The first kappa shape index (κ1) is 21.5. The van der Waals surface area contributed by atoms with Crippen LogP contribution in [0.15, 0.2) is 0 Å². The Morgan fingerprint density at radius 2 is 0.952 bits per heavy atom. The molecule has 0 heterocycles. The van der Waals surface area contributed by atoms with E-state index in [0.717, 1.165) is 42.7 Å². The van der Waals surface area contributed by atoms with Gasteiger partial charge in [-0.3, -0.25) is 0 Å². The second kappa shape index (κ2) is 9.62. The van der Waals surface area contributed by atoms with Crippen LogP contribution in [-0.2, 0) is 13.3 Å². The summed E-state index contributed by atoms with van der Waals surface area (Å²) in [5.41, 5.74) is 0. The van der Waals surface area contributed by atoms with Gasteiger partial charge in [0.15, 0.2) is 27.1 Å². The molecule has 0 unspecified atom stereocenters. The van der Waals surface area contributed by atoms with E-state index in [0.29, 0.717) is 10.5 Å². The third-order valence-corrected chi connectivity index (χ3v) is 15.2. The second-order valence-corrected chi connectivity index (χ2v) is 15.7. The Labute approximate surface area is 137 Å². The minimum atomic E-state index is -1.74. The lowest BCUT2D eigenvalue weighted by atomic mass is 10.4. The van der Waals surface area contributed by atoms with Crippen LogP contribution in [0, 0.1) is 0 Å². The van der Waals surface area contributed by atoms with Crippen LogP contribution >= 0.6 is 0 Å². The molecule has 128 valence electrons. The molecule has 0 atom stereocenters. The molecule has 0 saturated carbocycles. The van der Waals surface area contributed by atoms with E-state index in [4.69, 9.17) is 13.3 Å². The van der Waals surface area contributed by atoms with Crippen molar-refractivity contribution in [2.45, 2.75) is 97.1 Å². The maximum Gasteiger partial charge on any atom is 0.253 e. The van der Waals surface area contributed by atoms with Crippen molar-refractivity contribution in [1.82, 2.24) is 0 Å². The maximum absolute atomic E-state index is 6.70. The fourth-order valence-corrected chi connectivity index (χ4v) is 9.58. The molecule has 0 amide bonds. The Kier molecular flexibility index (Phi) is 9.86. The van der Waals surface area contributed by atoms with Crippen molar-refractivity contribution in [3.8, 4) is 0 Å². The lowest BCUT2D eigenvalue weighted by Gasteiger charge is -2.46. The van der Waals surface area contributed by atoms with Crippen molar-refractivity contribution in [2.24, 2.45) is 0 Å². The Bertz CT molecular complexity index is 235. The van der Waals surface area contributed by atoms with Gasteiger partial charge in [-0.1, -0.05) is 48.5 Å². The van der Waals surface area contributed by atoms with Gasteiger partial charge in [0.2, 0.25) is 0 Å². The third-order valence-electron chi connectivity index (χ3n) is 5.35. The van der Waals surface area contributed by atoms with E-state index >= 15 is 0 Å². The summed E-state index contributed by atoms with van der Waals surface area (Å²) in [6.07, 6.45) is 0.792. The molecule has 0 saturated heterocycles. The minimum absolute atomic E-state index is 0.652. The zero-order valence-corrected chi connectivity index (χ0v) is 19.7. The van der Waals surface area contributed by atoms with Gasteiger partial charge in [-0.05, 0) is 36.3 Å². The van der Waals surface area contributed by atoms with E-state index in [-0.39, 0.29) is 0 Å². The van der Waals surface area contributed by atoms with Crippen LogP contribution in [-0.4, -0.2) is 33.1 Å². The summed E-state index contributed by atoms with van der Waals surface area (Å²) in [4.78, 5) is 0. The quantitative estimate of drug-likeness (QED) is 0.386. The molecular formula is C15H38O3Si3. The molecule has 21 heavy (non-hydrogen) atoms. The first-order valence-corrected chi connectivity index (χ1v) is 14.7. The first-order valence-electron chi connectivity index (χ1n) is 8.85. The predicted octanol–water partition coefficient (Wildman–Crippen LogP) is 4.39. The van der Waals surface area contributed by atoms with E-state index in [2.05, 4.69) is 48.5 Å². The Hall–Kier alpha value is 0.531. The van der Waals surface area contributed by atoms with Crippen LogP contribution < -0.4 is 0 Å². The summed E-state index contributed by atoms with van der Waals surface area (Å²) in [7, 11) is -2.82. The lowest BCUT2D eigenvalue weighted by molar-refractivity contribution is -0.267. The van der Waals surface area contributed by atoms with Crippen molar-refractivity contribution in [2.75, 3.05) is 0 Å². The van der Waals surface area contributed by atoms with Crippen molar-refractivity contribution >= 4 is 27.1 Å². The maximum atomic E-state index is 6.70. The number of hydrogen-bond acceptors (Lipinski definition) is 3. The highest BCUT2D eigenvalue weighted by Gasteiger charge is 2.45. The molecule has 0 bridgehead atoms.